The van der Waals surface area contributed by atoms with Crippen molar-refractivity contribution in [3.05, 3.63) is 68.8 Å². The molecule has 0 aliphatic heterocycles. The second-order valence-electron chi connectivity index (χ2n) is 6.14. The monoisotopic (exact) mass is 489 g/mol. The average Bonchev–Trinajstić information content (AvgIpc) is 3.20. The van der Waals surface area contributed by atoms with Gasteiger partial charge in [0.2, 0.25) is 5.16 Å². The summed E-state index contributed by atoms with van der Waals surface area (Å²) in [6.07, 6.45) is 2.23. The maximum atomic E-state index is 11.7. The van der Waals surface area contributed by atoms with Gasteiger partial charge in [-0.1, -0.05) is 37.3 Å². The number of aliphatic carboxylic acids is 1. The molecule has 30 heavy (non-hydrogen) atoms. The molecule has 2 aromatic carbocycles. The van der Waals surface area contributed by atoms with E-state index in [1.165, 1.54) is 7.11 Å². The molecule has 0 saturated heterocycles. The standard InChI is InChI=1S/C21H20BrN3O4S/c1-3-18-23-21(25-24-18)30-17(20(26)27)11-14-9-15(22)19(16(10-14)28-2)29-12-13-7-5-4-6-8-13/h4-11H,3,12H2,1-2H3,(H,26,27)(H,23,24,25)/b17-11-. The molecule has 3 aromatic rings. The summed E-state index contributed by atoms with van der Waals surface area (Å²) in [5, 5.41) is 16.8. The molecule has 0 aliphatic carbocycles. The van der Waals surface area contributed by atoms with Gasteiger partial charge in [-0.25, -0.2) is 9.78 Å². The van der Waals surface area contributed by atoms with Gasteiger partial charge in [0.05, 0.1) is 11.6 Å². The highest BCUT2D eigenvalue weighted by Gasteiger charge is 2.16. The first kappa shape index (κ1) is 21.9. The lowest BCUT2D eigenvalue weighted by Gasteiger charge is -2.14. The van der Waals surface area contributed by atoms with Crippen molar-refractivity contribution in [2.45, 2.75) is 25.1 Å². The van der Waals surface area contributed by atoms with Gasteiger partial charge in [-0.05, 0) is 57.0 Å². The third-order valence-electron chi connectivity index (χ3n) is 4.03. The van der Waals surface area contributed by atoms with Crippen LogP contribution in [0.5, 0.6) is 11.5 Å². The fourth-order valence-electron chi connectivity index (χ4n) is 2.56. The van der Waals surface area contributed by atoms with Crippen molar-refractivity contribution in [3.8, 4) is 11.5 Å². The first-order valence-electron chi connectivity index (χ1n) is 9.08. The molecular weight excluding hydrogens is 470 g/mol. The maximum Gasteiger partial charge on any atom is 0.342 e. The zero-order chi connectivity index (χ0) is 21.5. The summed E-state index contributed by atoms with van der Waals surface area (Å²) in [5.41, 5.74) is 1.67. The Hall–Kier alpha value is -2.78. The Morgan fingerprint density at radius 2 is 2.07 bits per heavy atom. The van der Waals surface area contributed by atoms with Crippen LogP contribution in [0.1, 0.15) is 23.9 Å². The first-order valence-corrected chi connectivity index (χ1v) is 10.7. The molecule has 2 N–H and O–H groups in total. The van der Waals surface area contributed by atoms with Gasteiger partial charge in [-0.15, -0.1) is 5.10 Å². The van der Waals surface area contributed by atoms with Crippen molar-refractivity contribution in [2.24, 2.45) is 0 Å². The fraction of sp³-hybridized carbons (Fsp3) is 0.190. The van der Waals surface area contributed by atoms with E-state index in [1.54, 1.807) is 18.2 Å². The van der Waals surface area contributed by atoms with Gasteiger partial charge in [0.15, 0.2) is 11.5 Å². The largest absolute Gasteiger partial charge is 0.493 e. The smallest absolute Gasteiger partial charge is 0.342 e. The summed E-state index contributed by atoms with van der Waals surface area (Å²) < 4.78 is 12.0. The number of carbonyl (C=O) groups is 1. The summed E-state index contributed by atoms with van der Waals surface area (Å²) in [7, 11) is 1.54. The van der Waals surface area contributed by atoms with Gasteiger partial charge in [-0.2, -0.15) is 0 Å². The van der Waals surface area contributed by atoms with Gasteiger partial charge in [0.1, 0.15) is 17.3 Å². The quantitative estimate of drug-likeness (QED) is 0.324. The van der Waals surface area contributed by atoms with Gasteiger partial charge < -0.3 is 14.6 Å². The molecule has 0 unspecified atom stereocenters. The molecule has 0 saturated carbocycles. The van der Waals surface area contributed by atoms with Crippen LogP contribution in [0.2, 0.25) is 0 Å². The van der Waals surface area contributed by atoms with E-state index in [1.807, 2.05) is 37.3 Å². The molecule has 0 amide bonds. The molecule has 156 valence electrons. The van der Waals surface area contributed by atoms with Crippen molar-refractivity contribution in [1.82, 2.24) is 15.2 Å². The predicted molar refractivity (Wildman–Crippen MR) is 119 cm³/mol. The van der Waals surface area contributed by atoms with Crippen LogP contribution < -0.4 is 9.47 Å². The fourth-order valence-corrected chi connectivity index (χ4v) is 3.86. The van der Waals surface area contributed by atoms with E-state index in [4.69, 9.17) is 9.47 Å². The van der Waals surface area contributed by atoms with Crippen molar-refractivity contribution in [2.75, 3.05) is 7.11 Å². The number of carboxylic acids is 1. The molecule has 3 rings (SSSR count). The van der Waals surface area contributed by atoms with E-state index < -0.39 is 5.97 Å². The first-order chi connectivity index (χ1) is 14.5. The number of halogens is 1. The third kappa shape index (κ3) is 5.64. The minimum atomic E-state index is -1.07. The Kier molecular flexibility index (Phi) is 7.53. The van der Waals surface area contributed by atoms with Crippen molar-refractivity contribution >= 4 is 39.7 Å². The van der Waals surface area contributed by atoms with Crippen LogP contribution in [0.25, 0.3) is 6.08 Å². The van der Waals surface area contributed by atoms with E-state index in [9.17, 15) is 9.90 Å². The average molecular weight is 490 g/mol. The maximum absolute atomic E-state index is 11.7. The molecule has 7 nitrogen and oxygen atoms in total. The summed E-state index contributed by atoms with van der Waals surface area (Å²) in [6, 6.07) is 13.3. The topological polar surface area (TPSA) is 97.3 Å². The highest BCUT2D eigenvalue weighted by Crippen LogP contribution is 2.38. The molecule has 1 aromatic heterocycles. The van der Waals surface area contributed by atoms with Gasteiger partial charge in [0, 0.05) is 6.42 Å². The predicted octanol–water partition coefficient (Wildman–Crippen LogP) is 4.94. The van der Waals surface area contributed by atoms with Crippen LogP contribution in [0.3, 0.4) is 0 Å². The second-order valence-corrected chi connectivity index (χ2v) is 8.01. The number of aromatic amines is 1. The number of hydrogen-bond acceptors (Lipinski definition) is 6. The number of rotatable bonds is 9. The van der Waals surface area contributed by atoms with Crippen molar-refractivity contribution in [1.29, 1.82) is 0 Å². The van der Waals surface area contributed by atoms with Crippen LogP contribution in [0, 0.1) is 0 Å². The molecule has 0 fully saturated rings. The van der Waals surface area contributed by atoms with Crippen molar-refractivity contribution < 1.29 is 19.4 Å². The highest BCUT2D eigenvalue weighted by molar-refractivity contribution is 9.10. The number of aryl methyl sites for hydroxylation is 1. The summed E-state index contributed by atoms with van der Waals surface area (Å²) in [6.45, 7) is 2.32. The van der Waals surface area contributed by atoms with Crippen molar-refractivity contribution in [3.63, 3.8) is 0 Å². The lowest BCUT2D eigenvalue weighted by Crippen LogP contribution is -2.00. The van der Waals surface area contributed by atoms with Crippen LogP contribution >= 0.6 is 27.7 Å². The number of methoxy groups -OCH3 is 1. The highest BCUT2D eigenvalue weighted by atomic mass is 79.9. The Morgan fingerprint density at radius 3 is 2.70 bits per heavy atom. The molecule has 0 radical (unpaired) electrons. The number of ether oxygens (including phenoxy) is 2. The normalized spacial score (nSPS) is 11.4. The number of H-pyrrole nitrogens is 1. The summed E-state index contributed by atoms with van der Waals surface area (Å²) in [5.74, 6) is 0.672. The summed E-state index contributed by atoms with van der Waals surface area (Å²) in [4.78, 5) is 16.1. The van der Waals surface area contributed by atoms with E-state index >= 15 is 0 Å². The number of aromatic nitrogens is 3. The Balaban J connectivity index is 1.85. The van der Waals surface area contributed by atoms with E-state index in [2.05, 4.69) is 31.1 Å². The van der Waals surface area contributed by atoms with E-state index in [-0.39, 0.29) is 4.91 Å². The minimum absolute atomic E-state index is 0.0866. The number of nitrogens with zero attached hydrogens (tertiary/aromatic N) is 2. The Bertz CT molecular complexity index is 1050. The molecular formula is C21H20BrN3O4S. The zero-order valence-electron chi connectivity index (χ0n) is 16.4. The van der Waals surface area contributed by atoms with Gasteiger partial charge in [-0.3, -0.25) is 5.10 Å². The molecule has 0 spiro atoms. The van der Waals surface area contributed by atoms with E-state index in [0.717, 1.165) is 17.3 Å². The molecule has 0 bridgehead atoms. The van der Waals surface area contributed by atoms with Crippen LogP contribution in [0.4, 0.5) is 0 Å². The Labute approximate surface area is 186 Å². The second kappa shape index (κ2) is 10.3. The number of benzene rings is 2. The third-order valence-corrected chi connectivity index (χ3v) is 5.50. The van der Waals surface area contributed by atoms with Crippen LogP contribution in [0.15, 0.2) is 57.0 Å². The SMILES string of the molecule is CCc1nc(S/C(=C\c2cc(Br)c(OCc3ccccc3)c(OC)c2)C(=O)O)n[nH]1. The number of nitrogens with one attached hydrogen (secondary N) is 1. The lowest BCUT2D eigenvalue weighted by atomic mass is 10.2. The van der Waals surface area contributed by atoms with Gasteiger partial charge in [0.25, 0.3) is 0 Å². The van der Waals surface area contributed by atoms with Gasteiger partial charge >= 0.3 is 5.97 Å². The minimum Gasteiger partial charge on any atom is -0.493 e. The van der Waals surface area contributed by atoms with Crippen LogP contribution in [-0.4, -0.2) is 33.4 Å². The summed E-state index contributed by atoms with van der Waals surface area (Å²) >= 11 is 4.48. The van der Waals surface area contributed by atoms with E-state index in [0.29, 0.717) is 45.5 Å². The zero-order valence-corrected chi connectivity index (χ0v) is 18.8. The van der Waals surface area contributed by atoms with Crippen LogP contribution in [-0.2, 0) is 17.8 Å². The lowest BCUT2D eigenvalue weighted by molar-refractivity contribution is -0.131. The molecule has 0 aliphatic rings. The Morgan fingerprint density at radius 1 is 1.30 bits per heavy atom. The molecule has 0 atom stereocenters. The number of carboxylic acid groups (broad SMARTS) is 1. The molecule has 1 heterocycles. The molecule has 9 heteroatoms. The number of thioether (sulfide) groups is 1. The number of hydrogen-bond donors (Lipinski definition) is 2.